The van der Waals surface area contributed by atoms with Crippen molar-refractivity contribution in [1.29, 1.82) is 0 Å². The zero-order valence-corrected chi connectivity index (χ0v) is 18.3. The first-order valence-electron chi connectivity index (χ1n) is 10.0. The standard InChI is InChI=1S/C23H21ClN4O4/c1-14-11-20(28(26-14)17-6-3-5-16(24)13-17)25-21(29)15-7-8-18-19(12-15)23(31)27(22(18)30)9-4-10-32-2/h3,5-8,11-13H,4,9-10H2,1-2H3,(H,25,29). The molecule has 8 nitrogen and oxygen atoms in total. The number of imide groups is 1. The lowest BCUT2D eigenvalue weighted by Gasteiger charge is -2.12. The van der Waals surface area contributed by atoms with Gasteiger partial charge in [-0.05, 0) is 49.7 Å². The van der Waals surface area contributed by atoms with E-state index in [4.69, 9.17) is 16.3 Å². The molecule has 1 aliphatic rings. The van der Waals surface area contributed by atoms with E-state index < -0.39 is 11.8 Å². The highest BCUT2D eigenvalue weighted by molar-refractivity contribution is 6.30. The van der Waals surface area contributed by atoms with E-state index >= 15 is 0 Å². The third-order valence-electron chi connectivity index (χ3n) is 5.09. The molecule has 0 aliphatic carbocycles. The number of methoxy groups -OCH3 is 1. The van der Waals surface area contributed by atoms with Crippen molar-refractivity contribution in [2.24, 2.45) is 0 Å². The Kier molecular flexibility index (Phi) is 6.07. The number of amides is 3. The maximum Gasteiger partial charge on any atom is 0.261 e. The van der Waals surface area contributed by atoms with Crippen LogP contribution in [-0.2, 0) is 4.74 Å². The summed E-state index contributed by atoms with van der Waals surface area (Å²) in [6.07, 6.45) is 0.544. The number of hydrogen-bond acceptors (Lipinski definition) is 5. The Morgan fingerprint density at radius 3 is 2.62 bits per heavy atom. The fraction of sp³-hybridized carbons (Fsp3) is 0.217. The highest BCUT2D eigenvalue weighted by Crippen LogP contribution is 2.25. The summed E-state index contributed by atoms with van der Waals surface area (Å²) < 4.78 is 6.57. The van der Waals surface area contributed by atoms with Crippen LogP contribution < -0.4 is 5.32 Å². The summed E-state index contributed by atoms with van der Waals surface area (Å²) in [6, 6.07) is 13.3. The molecule has 2 aromatic carbocycles. The molecule has 0 fully saturated rings. The summed E-state index contributed by atoms with van der Waals surface area (Å²) in [6.45, 7) is 2.52. The molecular weight excluding hydrogens is 432 g/mol. The van der Waals surface area contributed by atoms with E-state index in [1.54, 1.807) is 36.1 Å². The molecule has 9 heteroatoms. The number of nitrogens with one attached hydrogen (secondary N) is 1. The molecule has 1 N–H and O–H groups in total. The van der Waals surface area contributed by atoms with Crippen molar-refractivity contribution in [2.75, 3.05) is 25.6 Å². The highest BCUT2D eigenvalue weighted by atomic mass is 35.5. The summed E-state index contributed by atoms with van der Waals surface area (Å²) in [4.78, 5) is 39.4. The predicted molar refractivity (Wildman–Crippen MR) is 120 cm³/mol. The molecule has 0 atom stereocenters. The second kappa shape index (κ2) is 8.94. The van der Waals surface area contributed by atoms with Crippen molar-refractivity contribution in [3.05, 3.63) is 75.9 Å². The largest absolute Gasteiger partial charge is 0.385 e. The molecule has 0 spiro atoms. The molecule has 164 valence electrons. The van der Waals surface area contributed by atoms with Gasteiger partial charge in [0.25, 0.3) is 17.7 Å². The van der Waals surface area contributed by atoms with Gasteiger partial charge >= 0.3 is 0 Å². The van der Waals surface area contributed by atoms with E-state index in [9.17, 15) is 14.4 Å². The molecule has 4 rings (SSSR count). The van der Waals surface area contributed by atoms with Crippen LogP contribution in [0.15, 0.2) is 48.5 Å². The highest BCUT2D eigenvalue weighted by Gasteiger charge is 2.35. The van der Waals surface area contributed by atoms with Gasteiger partial charge in [0.1, 0.15) is 5.82 Å². The Labute approximate surface area is 189 Å². The molecular formula is C23H21ClN4O4. The van der Waals surface area contributed by atoms with E-state index in [1.807, 2.05) is 13.0 Å². The third-order valence-corrected chi connectivity index (χ3v) is 5.32. The minimum atomic E-state index is -0.422. The molecule has 0 unspecified atom stereocenters. The van der Waals surface area contributed by atoms with Crippen LogP contribution in [0.2, 0.25) is 5.02 Å². The smallest absolute Gasteiger partial charge is 0.261 e. The van der Waals surface area contributed by atoms with Crippen molar-refractivity contribution in [1.82, 2.24) is 14.7 Å². The lowest BCUT2D eigenvalue weighted by atomic mass is 10.1. The predicted octanol–water partition coefficient (Wildman–Crippen LogP) is 3.72. The van der Waals surface area contributed by atoms with Gasteiger partial charge in [0, 0.05) is 36.9 Å². The molecule has 32 heavy (non-hydrogen) atoms. The van der Waals surface area contributed by atoms with E-state index in [0.29, 0.717) is 40.8 Å². The second-order valence-corrected chi connectivity index (χ2v) is 7.82. The molecule has 0 bridgehead atoms. The van der Waals surface area contributed by atoms with Crippen molar-refractivity contribution < 1.29 is 19.1 Å². The number of hydrogen-bond donors (Lipinski definition) is 1. The van der Waals surface area contributed by atoms with Crippen molar-refractivity contribution in [3.63, 3.8) is 0 Å². The second-order valence-electron chi connectivity index (χ2n) is 7.39. The molecule has 1 aliphatic heterocycles. The summed E-state index contributed by atoms with van der Waals surface area (Å²) >= 11 is 6.09. The van der Waals surface area contributed by atoms with Crippen LogP contribution in [0.4, 0.5) is 5.82 Å². The van der Waals surface area contributed by atoms with Crippen LogP contribution in [0.5, 0.6) is 0 Å². The van der Waals surface area contributed by atoms with Crippen LogP contribution >= 0.6 is 11.6 Å². The Morgan fingerprint density at radius 2 is 1.88 bits per heavy atom. The van der Waals surface area contributed by atoms with Crippen LogP contribution in [0, 0.1) is 6.92 Å². The number of carbonyl (C=O) groups excluding carboxylic acids is 3. The van der Waals surface area contributed by atoms with Gasteiger partial charge in [-0.3, -0.25) is 19.3 Å². The number of nitrogens with zero attached hydrogens (tertiary/aromatic N) is 3. The van der Waals surface area contributed by atoms with Crippen LogP contribution in [0.3, 0.4) is 0 Å². The van der Waals surface area contributed by atoms with Crippen molar-refractivity contribution in [2.45, 2.75) is 13.3 Å². The minimum Gasteiger partial charge on any atom is -0.385 e. The number of aryl methyl sites for hydroxylation is 1. The number of ether oxygens (including phenoxy) is 1. The average Bonchev–Trinajstić information content (AvgIpc) is 3.25. The fourth-order valence-corrected chi connectivity index (χ4v) is 3.77. The molecule has 1 aromatic heterocycles. The zero-order valence-electron chi connectivity index (χ0n) is 17.6. The van der Waals surface area contributed by atoms with Gasteiger partial charge < -0.3 is 10.1 Å². The Morgan fingerprint density at radius 1 is 1.09 bits per heavy atom. The van der Waals surface area contributed by atoms with Crippen molar-refractivity contribution >= 4 is 35.1 Å². The Bertz CT molecular complexity index is 1220. The molecule has 0 saturated heterocycles. The molecule has 0 radical (unpaired) electrons. The quantitative estimate of drug-likeness (QED) is 0.435. The van der Waals surface area contributed by atoms with Gasteiger partial charge in [0.2, 0.25) is 0 Å². The van der Waals surface area contributed by atoms with Gasteiger partial charge in [0.15, 0.2) is 0 Å². The van der Waals surface area contributed by atoms with Gasteiger partial charge in [-0.1, -0.05) is 17.7 Å². The number of carbonyl (C=O) groups is 3. The summed E-state index contributed by atoms with van der Waals surface area (Å²) in [5.41, 5.74) is 2.19. The number of fused-ring (bicyclic) bond motifs is 1. The SMILES string of the molecule is COCCCN1C(=O)c2ccc(C(=O)Nc3cc(C)nn3-c3cccc(Cl)c3)cc2C1=O. The van der Waals surface area contributed by atoms with E-state index in [0.717, 1.165) is 0 Å². The first-order chi connectivity index (χ1) is 15.4. The van der Waals surface area contributed by atoms with Gasteiger partial charge in [-0.15, -0.1) is 0 Å². The van der Waals surface area contributed by atoms with Crippen molar-refractivity contribution in [3.8, 4) is 5.69 Å². The average molecular weight is 453 g/mol. The van der Waals surface area contributed by atoms with E-state index in [2.05, 4.69) is 10.4 Å². The molecule has 3 amide bonds. The molecule has 0 saturated carbocycles. The van der Waals surface area contributed by atoms with Crippen LogP contribution in [-0.4, -0.2) is 52.7 Å². The number of rotatable bonds is 7. The minimum absolute atomic E-state index is 0.222. The summed E-state index contributed by atoms with van der Waals surface area (Å²) in [7, 11) is 1.56. The van der Waals surface area contributed by atoms with Crippen LogP contribution in [0.1, 0.15) is 43.2 Å². The maximum absolute atomic E-state index is 12.9. The van der Waals surface area contributed by atoms with E-state index in [1.165, 1.54) is 23.1 Å². The first-order valence-corrected chi connectivity index (χ1v) is 10.4. The van der Waals surface area contributed by atoms with Gasteiger partial charge in [-0.2, -0.15) is 5.10 Å². The molecule has 3 aromatic rings. The monoisotopic (exact) mass is 452 g/mol. The van der Waals surface area contributed by atoms with Gasteiger partial charge in [-0.25, -0.2) is 4.68 Å². The zero-order chi connectivity index (χ0) is 22.8. The fourth-order valence-electron chi connectivity index (χ4n) is 3.58. The lowest BCUT2D eigenvalue weighted by molar-refractivity contribution is 0.0638. The summed E-state index contributed by atoms with van der Waals surface area (Å²) in [5.74, 6) is -0.730. The Balaban J connectivity index is 1.57. The van der Waals surface area contributed by atoms with Crippen LogP contribution in [0.25, 0.3) is 5.69 Å². The normalized spacial score (nSPS) is 12.9. The van der Waals surface area contributed by atoms with Gasteiger partial charge in [0.05, 0.1) is 22.5 Å². The lowest BCUT2D eigenvalue weighted by Crippen LogP contribution is -2.31. The number of anilines is 1. The number of halogens is 1. The number of aromatic nitrogens is 2. The Hall–Kier alpha value is -3.49. The number of benzene rings is 2. The van der Waals surface area contributed by atoms with E-state index in [-0.39, 0.29) is 23.6 Å². The first kappa shape index (κ1) is 21.7. The topological polar surface area (TPSA) is 93.5 Å². The molecule has 2 heterocycles. The third kappa shape index (κ3) is 4.15. The summed E-state index contributed by atoms with van der Waals surface area (Å²) in [5, 5.41) is 7.80. The maximum atomic E-state index is 12.9.